The molecular weight excluding hydrogens is 397 g/mol. The van der Waals surface area contributed by atoms with Crippen molar-refractivity contribution in [3.05, 3.63) is 72.3 Å². The molecule has 0 spiro atoms. The van der Waals surface area contributed by atoms with Crippen LogP contribution in [-0.4, -0.2) is 24.0 Å². The zero-order chi connectivity index (χ0) is 22.0. The number of amides is 1. The van der Waals surface area contributed by atoms with Crippen molar-refractivity contribution in [3.63, 3.8) is 0 Å². The van der Waals surface area contributed by atoms with E-state index in [-0.39, 0.29) is 17.8 Å². The Balaban J connectivity index is 1.92. The average Bonchev–Trinajstić information content (AvgIpc) is 3.12. The summed E-state index contributed by atoms with van der Waals surface area (Å²) in [5.41, 5.74) is 3.00. The highest BCUT2D eigenvalue weighted by atomic mass is 19.1. The molecule has 4 rings (SSSR count). The second-order valence-electron chi connectivity index (χ2n) is 7.26. The summed E-state index contributed by atoms with van der Waals surface area (Å²) in [6.45, 7) is 3.86. The number of halogens is 1. The summed E-state index contributed by atoms with van der Waals surface area (Å²) in [5.74, 6) is 0.281. The van der Waals surface area contributed by atoms with E-state index in [9.17, 15) is 9.18 Å². The summed E-state index contributed by atoms with van der Waals surface area (Å²) in [7, 11) is 1.56. The van der Waals surface area contributed by atoms with Gasteiger partial charge in [-0.1, -0.05) is 0 Å². The number of rotatable bonds is 6. The molecule has 0 unspecified atom stereocenters. The van der Waals surface area contributed by atoms with Crippen LogP contribution in [0.4, 0.5) is 15.8 Å². The average molecular weight is 419 g/mol. The van der Waals surface area contributed by atoms with Gasteiger partial charge >= 0.3 is 0 Å². The molecule has 0 saturated carbocycles. The highest BCUT2D eigenvalue weighted by Gasteiger charge is 2.24. The molecule has 0 atom stereocenters. The molecule has 2 aromatic carbocycles. The molecule has 6 nitrogen and oxygen atoms in total. The van der Waals surface area contributed by atoms with E-state index in [0.717, 1.165) is 5.69 Å². The molecule has 7 heteroatoms. The predicted octanol–water partition coefficient (Wildman–Crippen LogP) is 5.52. The van der Waals surface area contributed by atoms with Gasteiger partial charge in [0.05, 0.1) is 17.4 Å². The molecule has 0 aliphatic rings. The van der Waals surface area contributed by atoms with Crippen LogP contribution in [0.1, 0.15) is 24.2 Å². The number of furan rings is 1. The van der Waals surface area contributed by atoms with Gasteiger partial charge in [-0.3, -0.25) is 9.78 Å². The largest absolute Gasteiger partial charge is 0.489 e. The van der Waals surface area contributed by atoms with Gasteiger partial charge in [0, 0.05) is 42.1 Å². The Hall–Kier alpha value is -3.87. The minimum absolute atomic E-state index is 0.0811. The number of nitrogens with one attached hydrogen (secondary N) is 2. The summed E-state index contributed by atoms with van der Waals surface area (Å²) in [6, 6.07) is 13.1. The number of ether oxygens (including phenoxy) is 1. The minimum atomic E-state index is -0.363. The quantitative estimate of drug-likeness (QED) is 0.430. The smallest absolute Gasteiger partial charge is 0.255 e. The molecule has 2 N–H and O–H groups in total. The van der Waals surface area contributed by atoms with Crippen molar-refractivity contribution in [2.45, 2.75) is 20.0 Å². The van der Waals surface area contributed by atoms with Gasteiger partial charge in [-0.05, 0) is 56.3 Å². The van der Waals surface area contributed by atoms with Crippen LogP contribution in [0.5, 0.6) is 5.75 Å². The van der Waals surface area contributed by atoms with E-state index >= 15 is 0 Å². The van der Waals surface area contributed by atoms with Crippen molar-refractivity contribution in [2.24, 2.45) is 0 Å². The van der Waals surface area contributed by atoms with E-state index in [0.29, 0.717) is 39.3 Å². The Morgan fingerprint density at radius 2 is 1.81 bits per heavy atom. The Labute approximate surface area is 179 Å². The molecule has 0 bridgehead atoms. The highest BCUT2D eigenvalue weighted by molar-refractivity contribution is 6.12. The van der Waals surface area contributed by atoms with Crippen LogP contribution in [0, 0.1) is 5.82 Å². The first-order valence-electron chi connectivity index (χ1n) is 9.88. The number of hydrogen-bond acceptors (Lipinski definition) is 5. The summed E-state index contributed by atoms with van der Waals surface area (Å²) >= 11 is 0. The molecule has 0 aliphatic heterocycles. The Morgan fingerprint density at radius 1 is 1.10 bits per heavy atom. The third-order valence-corrected chi connectivity index (χ3v) is 4.67. The van der Waals surface area contributed by atoms with Gasteiger partial charge in [-0.2, -0.15) is 0 Å². The van der Waals surface area contributed by atoms with E-state index in [1.54, 1.807) is 43.7 Å². The van der Waals surface area contributed by atoms with Crippen molar-refractivity contribution in [2.75, 3.05) is 12.4 Å². The number of benzene rings is 2. The van der Waals surface area contributed by atoms with Crippen LogP contribution in [0.15, 0.2) is 65.3 Å². The lowest BCUT2D eigenvalue weighted by Gasteiger charge is -2.16. The van der Waals surface area contributed by atoms with E-state index in [4.69, 9.17) is 9.15 Å². The van der Waals surface area contributed by atoms with Gasteiger partial charge in [-0.25, -0.2) is 4.39 Å². The lowest BCUT2D eigenvalue weighted by Crippen LogP contribution is -2.18. The van der Waals surface area contributed by atoms with Gasteiger partial charge in [0.2, 0.25) is 0 Å². The number of hydrogen-bond donors (Lipinski definition) is 2. The molecule has 0 saturated heterocycles. The van der Waals surface area contributed by atoms with Crippen molar-refractivity contribution < 1.29 is 18.3 Å². The fraction of sp³-hybridized carbons (Fsp3) is 0.167. The maximum atomic E-state index is 13.4. The van der Waals surface area contributed by atoms with Crippen LogP contribution in [0.25, 0.3) is 22.3 Å². The highest BCUT2D eigenvalue weighted by Crippen LogP contribution is 2.40. The Morgan fingerprint density at radius 3 is 2.45 bits per heavy atom. The van der Waals surface area contributed by atoms with Gasteiger partial charge in [0.25, 0.3) is 5.91 Å². The van der Waals surface area contributed by atoms with Crippen molar-refractivity contribution in [1.29, 1.82) is 0 Å². The second kappa shape index (κ2) is 8.47. The third-order valence-electron chi connectivity index (χ3n) is 4.67. The van der Waals surface area contributed by atoms with Gasteiger partial charge < -0.3 is 19.8 Å². The summed E-state index contributed by atoms with van der Waals surface area (Å²) in [6.07, 6.45) is 3.29. The van der Waals surface area contributed by atoms with Gasteiger partial charge in [-0.15, -0.1) is 0 Å². The standard InChI is InChI=1S/C24H22FN3O3/c1-14(2)30-21-12-18-20(13-19(21)28-17-8-10-27-11-9-17)31-23(22(18)24(29)26-3)15-4-6-16(25)7-5-15/h4-14H,1-3H3,(H,26,29)(H,27,28). The van der Waals surface area contributed by atoms with Crippen LogP contribution < -0.4 is 15.4 Å². The minimum Gasteiger partial charge on any atom is -0.489 e. The number of carbonyl (C=O) groups is 1. The van der Waals surface area contributed by atoms with Crippen molar-refractivity contribution in [1.82, 2.24) is 10.3 Å². The molecule has 1 amide bonds. The maximum Gasteiger partial charge on any atom is 0.255 e. The number of pyridine rings is 1. The topological polar surface area (TPSA) is 76.4 Å². The van der Waals surface area contributed by atoms with Gasteiger partial charge in [0.15, 0.2) is 0 Å². The van der Waals surface area contributed by atoms with Gasteiger partial charge in [0.1, 0.15) is 22.9 Å². The molecule has 0 fully saturated rings. The SMILES string of the molecule is CNC(=O)c1c(-c2ccc(F)cc2)oc2cc(Nc3ccncc3)c(OC(C)C)cc12. The number of aromatic nitrogens is 1. The fourth-order valence-electron chi connectivity index (χ4n) is 3.32. The number of fused-ring (bicyclic) bond motifs is 1. The van der Waals surface area contributed by atoms with E-state index in [2.05, 4.69) is 15.6 Å². The lowest BCUT2D eigenvalue weighted by atomic mass is 10.0. The number of anilines is 2. The van der Waals surface area contributed by atoms with E-state index in [1.165, 1.54) is 12.1 Å². The summed E-state index contributed by atoms with van der Waals surface area (Å²) in [4.78, 5) is 16.8. The molecule has 0 aliphatic carbocycles. The molecule has 31 heavy (non-hydrogen) atoms. The zero-order valence-corrected chi connectivity index (χ0v) is 17.4. The monoisotopic (exact) mass is 419 g/mol. The summed E-state index contributed by atoms with van der Waals surface area (Å²) < 4.78 is 25.5. The zero-order valence-electron chi connectivity index (χ0n) is 17.4. The maximum absolute atomic E-state index is 13.4. The summed E-state index contributed by atoms with van der Waals surface area (Å²) in [5, 5.41) is 6.58. The Bertz CT molecular complexity index is 1220. The normalized spacial score (nSPS) is 11.0. The van der Waals surface area contributed by atoms with E-state index < -0.39 is 0 Å². The van der Waals surface area contributed by atoms with Crippen LogP contribution in [0.3, 0.4) is 0 Å². The van der Waals surface area contributed by atoms with Crippen molar-refractivity contribution >= 4 is 28.3 Å². The molecular formula is C24H22FN3O3. The molecule has 2 aromatic heterocycles. The number of carbonyl (C=O) groups excluding carboxylic acids is 1. The Kier molecular flexibility index (Phi) is 5.58. The molecule has 2 heterocycles. The first-order valence-corrected chi connectivity index (χ1v) is 9.88. The fourth-order valence-corrected chi connectivity index (χ4v) is 3.32. The second-order valence-corrected chi connectivity index (χ2v) is 7.26. The van der Waals surface area contributed by atoms with Crippen LogP contribution >= 0.6 is 0 Å². The molecule has 158 valence electrons. The van der Waals surface area contributed by atoms with E-state index in [1.807, 2.05) is 26.0 Å². The molecule has 4 aromatic rings. The first-order chi connectivity index (χ1) is 15.0. The third kappa shape index (κ3) is 4.21. The predicted molar refractivity (Wildman–Crippen MR) is 118 cm³/mol. The first kappa shape index (κ1) is 20.4. The van der Waals surface area contributed by atoms with Crippen LogP contribution in [0.2, 0.25) is 0 Å². The number of nitrogens with zero attached hydrogens (tertiary/aromatic N) is 1. The molecule has 0 radical (unpaired) electrons. The lowest BCUT2D eigenvalue weighted by molar-refractivity contribution is 0.0964. The van der Waals surface area contributed by atoms with Crippen LogP contribution in [-0.2, 0) is 0 Å². The van der Waals surface area contributed by atoms with Crippen molar-refractivity contribution in [3.8, 4) is 17.1 Å².